The quantitative estimate of drug-likeness (QED) is 0.877. The van der Waals surface area contributed by atoms with E-state index in [0.717, 1.165) is 42.5 Å². The summed E-state index contributed by atoms with van der Waals surface area (Å²) in [6.45, 7) is 1.22. The summed E-state index contributed by atoms with van der Waals surface area (Å²) in [6.07, 6.45) is 4.12. The number of hydrogen-bond acceptors (Lipinski definition) is 3. The molecule has 0 saturated heterocycles. The Morgan fingerprint density at radius 3 is 2.75 bits per heavy atom. The molecule has 126 valence electrons. The molecule has 2 amide bonds. The molecule has 0 aliphatic heterocycles. The smallest absolute Gasteiger partial charge is 0.315 e. The highest BCUT2D eigenvalue weighted by Crippen LogP contribution is 2.16. The van der Waals surface area contributed by atoms with Crippen LogP contribution in [0.4, 0.5) is 4.79 Å². The van der Waals surface area contributed by atoms with Gasteiger partial charge in [0, 0.05) is 19.2 Å². The van der Waals surface area contributed by atoms with Crippen LogP contribution in [0.3, 0.4) is 0 Å². The Kier molecular flexibility index (Phi) is 5.25. The molecule has 0 bridgehead atoms. The van der Waals surface area contributed by atoms with E-state index < -0.39 is 0 Å². The Labute approximate surface area is 140 Å². The summed E-state index contributed by atoms with van der Waals surface area (Å²) in [7, 11) is 0. The van der Waals surface area contributed by atoms with Gasteiger partial charge in [-0.2, -0.15) is 5.10 Å². The van der Waals surface area contributed by atoms with Crippen LogP contribution >= 0.6 is 0 Å². The lowest BCUT2D eigenvalue weighted by atomic mass is 9.97. The Morgan fingerprint density at radius 2 is 1.92 bits per heavy atom. The molecule has 2 aromatic rings. The third-order valence-corrected chi connectivity index (χ3v) is 4.18. The van der Waals surface area contributed by atoms with Crippen LogP contribution < -0.4 is 16.2 Å². The minimum Gasteiger partial charge on any atom is -0.336 e. The lowest BCUT2D eigenvalue weighted by Crippen LogP contribution is -2.38. The maximum absolute atomic E-state index is 12.0. The maximum Gasteiger partial charge on any atom is 0.315 e. The molecule has 0 radical (unpaired) electrons. The van der Waals surface area contributed by atoms with E-state index in [1.165, 1.54) is 4.68 Å². The molecule has 1 aromatic carbocycles. The fourth-order valence-corrected chi connectivity index (χ4v) is 2.88. The standard InChI is InChI=1S/C18H22N4O2/c23-17-12-15-8-4-5-9-16(15)21-22(17)11-10-19-18(24)20-13-14-6-2-1-3-7-14/h1-3,6-7,12H,4-5,8-11,13H2,(H2,19,20,24). The normalized spacial score (nSPS) is 13.2. The second kappa shape index (κ2) is 7.77. The van der Waals surface area contributed by atoms with Crippen molar-refractivity contribution in [2.75, 3.05) is 6.54 Å². The largest absolute Gasteiger partial charge is 0.336 e. The van der Waals surface area contributed by atoms with Crippen molar-refractivity contribution in [3.05, 3.63) is 63.6 Å². The number of benzene rings is 1. The van der Waals surface area contributed by atoms with Gasteiger partial charge in [-0.1, -0.05) is 30.3 Å². The van der Waals surface area contributed by atoms with Crippen LogP contribution in [0.15, 0.2) is 41.2 Å². The minimum atomic E-state index is -0.245. The number of nitrogens with one attached hydrogen (secondary N) is 2. The molecule has 6 nitrogen and oxygen atoms in total. The van der Waals surface area contributed by atoms with Gasteiger partial charge in [0.15, 0.2) is 0 Å². The zero-order chi connectivity index (χ0) is 16.8. The molecule has 1 heterocycles. The SMILES string of the molecule is O=C(NCCn1nc2c(cc1=O)CCCC2)NCc1ccccc1. The van der Waals surface area contributed by atoms with Crippen molar-refractivity contribution < 1.29 is 4.79 Å². The van der Waals surface area contributed by atoms with Crippen molar-refractivity contribution >= 4 is 6.03 Å². The van der Waals surface area contributed by atoms with Gasteiger partial charge in [0.05, 0.1) is 12.2 Å². The molecule has 3 rings (SSSR count). The van der Waals surface area contributed by atoms with Gasteiger partial charge < -0.3 is 10.6 Å². The predicted molar refractivity (Wildman–Crippen MR) is 91.8 cm³/mol. The summed E-state index contributed by atoms with van der Waals surface area (Å²) in [4.78, 5) is 23.8. The number of fused-ring (bicyclic) bond motifs is 1. The summed E-state index contributed by atoms with van der Waals surface area (Å²) < 4.78 is 1.45. The summed E-state index contributed by atoms with van der Waals surface area (Å²) >= 11 is 0. The average Bonchev–Trinajstić information content (AvgIpc) is 2.61. The van der Waals surface area contributed by atoms with E-state index in [2.05, 4.69) is 15.7 Å². The van der Waals surface area contributed by atoms with Gasteiger partial charge in [0.2, 0.25) is 0 Å². The van der Waals surface area contributed by atoms with Crippen molar-refractivity contribution in [3.8, 4) is 0 Å². The van der Waals surface area contributed by atoms with Crippen molar-refractivity contribution in [2.45, 2.75) is 38.8 Å². The summed E-state index contributed by atoms with van der Waals surface area (Å²) in [6, 6.07) is 11.2. The van der Waals surface area contributed by atoms with Crippen LogP contribution in [0.1, 0.15) is 29.7 Å². The van der Waals surface area contributed by atoms with E-state index in [9.17, 15) is 9.59 Å². The molecule has 0 unspecified atom stereocenters. The molecule has 0 fully saturated rings. The number of hydrogen-bond donors (Lipinski definition) is 2. The maximum atomic E-state index is 12.0. The van der Waals surface area contributed by atoms with Crippen LogP contribution in [0.2, 0.25) is 0 Å². The highest BCUT2D eigenvalue weighted by molar-refractivity contribution is 5.73. The van der Waals surface area contributed by atoms with Crippen LogP contribution in [-0.2, 0) is 25.9 Å². The summed E-state index contributed by atoms with van der Waals surface area (Å²) in [5, 5.41) is 9.99. The molecule has 1 aliphatic carbocycles. The number of carbonyl (C=O) groups is 1. The summed E-state index contributed by atoms with van der Waals surface area (Å²) in [5.41, 5.74) is 3.05. The molecule has 0 spiro atoms. The van der Waals surface area contributed by atoms with E-state index in [0.29, 0.717) is 19.6 Å². The zero-order valence-electron chi connectivity index (χ0n) is 13.6. The van der Waals surface area contributed by atoms with E-state index >= 15 is 0 Å². The molecule has 0 saturated carbocycles. The third-order valence-electron chi connectivity index (χ3n) is 4.18. The van der Waals surface area contributed by atoms with Gasteiger partial charge in [-0.05, 0) is 36.8 Å². The molecule has 2 N–H and O–H groups in total. The molecule has 0 atom stereocenters. The van der Waals surface area contributed by atoms with E-state index in [-0.39, 0.29) is 11.6 Å². The number of amides is 2. The van der Waals surface area contributed by atoms with E-state index in [1.54, 1.807) is 6.07 Å². The first-order chi connectivity index (χ1) is 11.7. The van der Waals surface area contributed by atoms with Crippen LogP contribution in [-0.4, -0.2) is 22.4 Å². The molecule has 24 heavy (non-hydrogen) atoms. The predicted octanol–water partition coefficient (Wildman–Crippen LogP) is 1.62. The molecule has 6 heteroatoms. The first-order valence-electron chi connectivity index (χ1n) is 8.38. The molecular weight excluding hydrogens is 304 g/mol. The number of carbonyl (C=O) groups excluding carboxylic acids is 1. The van der Waals surface area contributed by atoms with Gasteiger partial charge in [0.25, 0.3) is 5.56 Å². The lowest BCUT2D eigenvalue weighted by Gasteiger charge is -2.16. The van der Waals surface area contributed by atoms with Gasteiger partial charge in [0.1, 0.15) is 0 Å². The van der Waals surface area contributed by atoms with Crippen LogP contribution in [0, 0.1) is 0 Å². The van der Waals surface area contributed by atoms with Gasteiger partial charge >= 0.3 is 6.03 Å². The Morgan fingerprint density at radius 1 is 1.12 bits per heavy atom. The molecule has 1 aromatic heterocycles. The van der Waals surface area contributed by atoms with Gasteiger partial charge in [-0.15, -0.1) is 0 Å². The second-order valence-electron chi connectivity index (χ2n) is 5.98. The van der Waals surface area contributed by atoms with Gasteiger partial charge in [-0.25, -0.2) is 9.48 Å². The van der Waals surface area contributed by atoms with E-state index in [1.807, 2.05) is 30.3 Å². The third kappa shape index (κ3) is 4.22. The first-order valence-corrected chi connectivity index (χ1v) is 8.38. The van der Waals surface area contributed by atoms with Crippen molar-refractivity contribution in [2.24, 2.45) is 0 Å². The summed E-state index contributed by atoms with van der Waals surface area (Å²) in [5.74, 6) is 0. The fourth-order valence-electron chi connectivity index (χ4n) is 2.88. The number of rotatable bonds is 5. The zero-order valence-corrected chi connectivity index (χ0v) is 13.6. The Balaban J connectivity index is 1.47. The highest BCUT2D eigenvalue weighted by atomic mass is 16.2. The minimum absolute atomic E-state index is 0.0952. The monoisotopic (exact) mass is 326 g/mol. The highest BCUT2D eigenvalue weighted by Gasteiger charge is 2.13. The van der Waals surface area contributed by atoms with Crippen LogP contribution in [0.5, 0.6) is 0 Å². The topological polar surface area (TPSA) is 76.0 Å². The van der Waals surface area contributed by atoms with Crippen molar-refractivity contribution in [1.29, 1.82) is 0 Å². The Bertz CT molecular complexity index is 755. The number of urea groups is 1. The second-order valence-corrected chi connectivity index (χ2v) is 5.98. The van der Waals surface area contributed by atoms with Crippen molar-refractivity contribution in [3.63, 3.8) is 0 Å². The lowest BCUT2D eigenvalue weighted by molar-refractivity contribution is 0.240. The molecular formula is C18H22N4O2. The van der Waals surface area contributed by atoms with Crippen LogP contribution in [0.25, 0.3) is 0 Å². The van der Waals surface area contributed by atoms with Crippen molar-refractivity contribution in [1.82, 2.24) is 20.4 Å². The number of nitrogens with zero attached hydrogens (tertiary/aromatic N) is 2. The fraction of sp³-hybridized carbons (Fsp3) is 0.389. The number of aryl methyl sites for hydroxylation is 2. The number of aromatic nitrogens is 2. The average molecular weight is 326 g/mol. The van der Waals surface area contributed by atoms with E-state index in [4.69, 9.17) is 0 Å². The molecule has 1 aliphatic rings. The first kappa shape index (κ1) is 16.2. The van der Waals surface area contributed by atoms with Gasteiger partial charge in [-0.3, -0.25) is 4.79 Å². The Hall–Kier alpha value is -2.63.